The quantitative estimate of drug-likeness (QED) is 0.301. The van der Waals surface area contributed by atoms with Crippen molar-refractivity contribution >= 4 is 35.1 Å². The van der Waals surface area contributed by atoms with Crippen LogP contribution < -0.4 is 5.09 Å². The fourth-order valence-corrected chi connectivity index (χ4v) is 5.33. The summed E-state index contributed by atoms with van der Waals surface area (Å²) < 4.78 is 5.56. The van der Waals surface area contributed by atoms with Gasteiger partial charge in [-0.15, -0.1) is 0 Å². The molecule has 0 aliphatic carbocycles. The van der Waals surface area contributed by atoms with E-state index >= 15 is 0 Å². The van der Waals surface area contributed by atoms with Crippen molar-refractivity contribution in [3.05, 3.63) is 0 Å². The van der Waals surface area contributed by atoms with Gasteiger partial charge in [-0.2, -0.15) is 0 Å². The highest BCUT2D eigenvalue weighted by Gasteiger charge is 2.14. The van der Waals surface area contributed by atoms with Gasteiger partial charge < -0.3 is 9.61 Å². The zero-order chi connectivity index (χ0) is 11.6. The maximum Gasteiger partial charge on any atom is 0.211 e. The van der Waals surface area contributed by atoms with Gasteiger partial charge in [0.05, 0.1) is 12.9 Å². The summed E-state index contributed by atoms with van der Waals surface area (Å²) >= 11 is 7.10. The zero-order valence-corrected chi connectivity index (χ0v) is 12.3. The molecular weight excluding hydrogens is 247 g/mol. The number of nitrogens with one attached hydrogen (secondary N) is 1. The molecule has 0 aromatic heterocycles. The molecule has 0 radical (unpaired) electrons. The molecule has 1 N–H and O–H groups in total. The summed E-state index contributed by atoms with van der Waals surface area (Å²) in [6.07, 6.45) is 4.01. The predicted octanol–water partition coefficient (Wildman–Crippen LogP) is 3.42. The van der Waals surface area contributed by atoms with Gasteiger partial charge in [-0.1, -0.05) is 31.7 Å². The van der Waals surface area contributed by atoms with Crippen molar-refractivity contribution in [3.63, 3.8) is 0 Å². The standard InChI is InChI=1S/C9H21N2OPS2/c1-4-7-8-10-9-11-13(14,12-5-2)15-6-3/h9H,4-8H2,1-3H3,(H,10,11,14). The number of nitrogens with zero attached hydrogens (tertiary/aromatic N) is 1. The second kappa shape index (κ2) is 9.64. The first-order valence-corrected chi connectivity index (χ1v) is 9.64. The van der Waals surface area contributed by atoms with E-state index in [-0.39, 0.29) is 0 Å². The Labute approximate surface area is 102 Å². The average Bonchev–Trinajstić information content (AvgIpc) is 2.18. The van der Waals surface area contributed by atoms with Crippen LogP contribution in [0.4, 0.5) is 0 Å². The third-order valence-electron chi connectivity index (χ3n) is 1.55. The van der Waals surface area contributed by atoms with Gasteiger partial charge in [-0.25, -0.2) is 0 Å². The SMILES string of the molecule is CCCC/N=C/NP(=S)(OCC)SCC. The fourth-order valence-electron chi connectivity index (χ4n) is 0.877. The topological polar surface area (TPSA) is 33.6 Å². The minimum atomic E-state index is -1.92. The van der Waals surface area contributed by atoms with Gasteiger partial charge >= 0.3 is 0 Å². The van der Waals surface area contributed by atoms with Crippen molar-refractivity contribution in [2.75, 3.05) is 18.9 Å². The van der Waals surface area contributed by atoms with Gasteiger partial charge in [-0.05, 0) is 30.9 Å². The Balaban J connectivity index is 3.95. The molecule has 1 unspecified atom stereocenters. The normalized spacial score (nSPS) is 15.4. The van der Waals surface area contributed by atoms with E-state index in [4.69, 9.17) is 16.3 Å². The van der Waals surface area contributed by atoms with E-state index in [1.165, 1.54) is 6.42 Å². The molecule has 0 aromatic rings. The van der Waals surface area contributed by atoms with E-state index < -0.39 is 5.62 Å². The van der Waals surface area contributed by atoms with Crippen molar-refractivity contribution in [3.8, 4) is 0 Å². The van der Waals surface area contributed by atoms with E-state index in [2.05, 4.69) is 23.9 Å². The highest BCUT2D eigenvalue weighted by molar-refractivity contribution is 8.68. The molecule has 0 saturated heterocycles. The van der Waals surface area contributed by atoms with Crippen LogP contribution in [0.15, 0.2) is 4.99 Å². The first kappa shape index (κ1) is 15.4. The monoisotopic (exact) mass is 268 g/mol. The van der Waals surface area contributed by atoms with Crippen molar-refractivity contribution in [2.45, 2.75) is 33.6 Å². The lowest BCUT2D eigenvalue weighted by molar-refractivity contribution is 0.383. The van der Waals surface area contributed by atoms with Crippen molar-refractivity contribution in [1.82, 2.24) is 5.09 Å². The molecule has 0 aliphatic heterocycles. The van der Waals surface area contributed by atoms with Gasteiger partial charge in [0, 0.05) is 6.54 Å². The number of rotatable bonds is 9. The molecule has 0 saturated carbocycles. The number of hydrogen-bond acceptors (Lipinski definition) is 4. The Bertz CT molecular complexity index is 214. The molecule has 6 heteroatoms. The minimum absolute atomic E-state index is 0.653. The molecule has 0 rings (SSSR count). The van der Waals surface area contributed by atoms with Crippen molar-refractivity contribution in [2.24, 2.45) is 4.99 Å². The van der Waals surface area contributed by atoms with Crippen LogP contribution in [-0.2, 0) is 16.3 Å². The molecule has 1 atom stereocenters. The van der Waals surface area contributed by atoms with Crippen LogP contribution in [0.25, 0.3) is 0 Å². The largest absolute Gasteiger partial charge is 0.327 e. The molecule has 0 amide bonds. The molecule has 0 heterocycles. The summed E-state index contributed by atoms with van der Waals surface area (Å²) in [5.41, 5.74) is -1.92. The van der Waals surface area contributed by atoms with Crippen molar-refractivity contribution in [1.29, 1.82) is 0 Å². The van der Waals surface area contributed by atoms with Gasteiger partial charge in [0.25, 0.3) is 0 Å². The lowest BCUT2D eigenvalue weighted by atomic mass is 10.3. The molecule has 90 valence electrons. The van der Waals surface area contributed by atoms with Crippen LogP contribution in [0.2, 0.25) is 0 Å². The molecule has 0 fully saturated rings. The second-order valence-electron chi connectivity index (χ2n) is 2.85. The Hall–Kier alpha value is 0.430. The van der Waals surface area contributed by atoms with E-state index in [9.17, 15) is 0 Å². The number of unbranched alkanes of at least 4 members (excludes halogenated alkanes) is 1. The molecule has 15 heavy (non-hydrogen) atoms. The molecule has 3 nitrogen and oxygen atoms in total. The van der Waals surface area contributed by atoms with Crippen LogP contribution in [0.3, 0.4) is 0 Å². The highest BCUT2D eigenvalue weighted by Crippen LogP contribution is 2.55. The predicted molar refractivity (Wildman–Crippen MR) is 75.4 cm³/mol. The molecule has 0 aromatic carbocycles. The maximum atomic E-state index is 5.56. The summed E-state index contributed by atoms with van der Waals surface area (Å²) in [6, 6.07) is 0. The Morgan fingerprint density at radius 1 is 1.47 bits per heavy atom. The minimum Gasteiger partial charge on any atom is -0.327 e. The van der Waals surface area contributed by atoms with Gasteiger partial charge in [0.2, 0.25) is 5.62 Å². The first-order valence-electron chi connectivity index (χ1n) is 5.33. The third kappa shape index (κ3) is 8.26. The molecule has 0 spiro atoms. The summed E-state index contributed by atoms with van der Waals surface area (Å²) in [5.74, 6) is 0.965. The van der Waals surface area contributed by atoms with E-state index in [0.717, 1.165) is 18.7 Å². The molecule has 0 aliphatic rings. The first-order chi connectivity index (χ1) is 7.18. The summed E-state index contributed by atoms with van der Waals surface area (Å²) in [4.78, 5) is 4.24. The van der Waals surface area contributed by atoms with Crippen LogP contribution in [-0.4, -0.2) is 25.2 Å². The zero-order valence-electron chi connectivity index (χ0n) is 9.73. The van der Waals surface area contributed by atoms with Crippen LogP contribution in [0.1, 0.15) is 33.6 Å². The van der Waals surface area contributed by atoms with E-state index in [0.29, 0.717) is 6.61 Å². The van der Waals surface area contributed by atoms with Gasteiger partial charge in [0.1, 0.15) is 0 Å². The average molecular weight is 268 g/mol. The second-order valence-corrected chi connectivity index (χ2v) is 9.75. The summed E-state index contributed by atoms with van der Waals surface area (Å²) in [5, 5.41) is 3.13. The smallest absolute Gasteiger partial charge is 0.211 e. The van der Waals surface area contributed by atoms with Gasteiger partial charge in [0.15, 0.2) is 0 Å². The number of aliphatic imine (C=N–C) groups is 1. The van der Waals surface area contributed by atoms with Crippen LogP contribution in [0, 0.1) is 0 Å². The lowest BCUT2D eigenvalue weighted by Crippen LogP contribution is -2.08. The van der Waals surface area contributed by atoms with Crippen LogP contribution in [0.5, 0.6) is 0 Å². The lowest BCUT2D eigenvalue weighted by Gasteiger charge is -2.19. The van der Waals surface area contributed by atoms with Gasteiger partial charge in [-0.3, -0.25) is 4.99 Å². The molecular formula is C9H21N2OPS2. The third-order valence-corrected chi connectivity index (χ3v) is 7.18. The Kier molecular flexibility index (Phi) is 9.92. The van der Waals surface area contributed by atoms with E-state index in [1.54, 1.807) is 17.7 Å². The Morgan fingerprint density at radius 2 is 2.20 bits per heavy atom. The Morgan fingerprint density at radius 3 is 2.73 bits per heavy atom. The summed E-state index contributed by atoms with van der Waals surface area (Å²) in [7, 11) is 0. The maximum absolute atomic E-state index is 5.56. The van der Waals surface area contributed by atoms with E-state index in [1.807, 2.05) is 6.92 Å². The summed E-state index contributed by atoms with van der Waals surface area (Å²) in [6.45, 7) is 7.72. The molecule has 0 bridgehead atoms. The highest BCUT2D eigenvalue weighted by atomic mass is 32.9. The van der Waals surface area contributed by atoms with Crippen LogP contribution >= 0.6 is 17.0 Å². The fraction of sp³-hybridized carbons (Fsp3) is 0.889. The van der Waals surface area contributed by atoms with Crippen molar-refractivity contribution < 1.29 is 4.52 Å². The number of hydrogen-bond donors (Lipinski definition) is 1.